The van der Waals surface area contributed by atoms with Gasteiger partial charge in [0.05, 0.1) is 34.9 Å². The van der Waals surface area contributed by atoms with Gasteiger partial charge in [-0.15, -0.1) is 0 Å². The minimum absolute atomic E-state index is 0.293. The fourth-order valence-corrected chi connectivity index (χ4v) is 3.14. The molecule has 2 atom stereocenters. The van der Waals surface area contributed by atoms with Crippen LogP contribution in [0.25, 0.3) is 0 Å². The lowest BCUT2D eigenvalue weighted by Gasteiger charge is -2.26. The third-order valence-corrected chi connectivity index (χ3v) is 4.39. The predicted octanol–water partition coefficient (Wildman–Crippen LogP) is 3.97. The highest BCUT2D eigenvalue weighted by Gasteiger charge is 2.24. The molecular formula is C18H24N4. The summed E-state index contributed by atoms with van der Waals surface area (Å²) in [7, 11) is 0. The minimum Gasteiger partial charge on any atom is -0.360 e. The van der Waals surface area contributed by atoms with Crippen LogP contribution < -0.4 is 0 Å². The van der Waals surface area contributed by atoms with Gasteiger partial charge in [0.15, 0.2) is 0 Å². The number of rotatable bonds is 4. The zero-order valence-electron chi connectivity index (χ0n) is 13.3. The van der Waals surface area contributed by atoms with Crippen LogP contribution in [0.5, 0.6) is 0 Å². The van der Waals surface area contributed by atoms with Gasteiger partial charge >= 0.3 is 0 Å². The van der Waals surface area contributed by atoms with Crippen LogP contribution in [0.4, 0.5) is 0 Å². The molecule has 22 heavy (non-hydrogen) atoms. The molecule has 1 aliphatic rings. The minimum atomic E-state index is 0.293. The number of aromatic amines is 2. The largest absolute Gasteiger partial charge is 0.360 e. The second kappa shape index (κ2) is 6.77. The first-order valence-electron chi connectivity index (χ1n) is 8.10. The van der Waals surface area contributed by atoms with Gasteiger partial charge in [-0.25, -0.2) is 0 Å². The average Bonchev–Trinajstić information content (AvgIpc) is 3.23. The zero-order valence-corrected chi connectivity index (χ0v) is 13.3. The van der Waals surface area contributed by atoms with E-state index in [1.54, 1.807) is 0 Å². The van der Waals surface area contributed by atoms with Gasteiger partial charge in [0, 0.05) is 12.4 Å². The van der Waals surface area contributed by atoms with Crippen molar-refractivity contribution in [1.82, 2.24) is 9.97 Å². The molecule has 1 aliphatic carbocycles. The molecule has 2 aromatic rings. The Labute approximate surface area is 131 Å². The van der Waals surface area contributed by atoms with E-state index in [9.17, 15) is 0 Å². The molecule has 0 bridgehead atoms. The Morgan fingerprint density at radius 3 is 1.68 bits per heavy atom. The highest BCUT2D eigenvalue weighted by Crippen LogP contribution is 2.25. The first-order chi connectivity index (χ1) is 10.7. The number of aromatic nitrogens is 2. The number of hydrogen-bond acceptors (Lipinski definition) is 2. The molecule has 0 aliphatic heterocycles. The van der Waals surface area contributed by atoms with E-state index in [1.807, 2.05) is 24.5 Å². The Balaban J connectivity index is 1.80. The third-order valence-electron chi connectivity index (χ3n) is 4.39. The summed E-state index contributed by atoms with van der Waals surface area (Å²) in [6.07, 6.45) is 8.65. The second-order valence-electron chi connectivity index (χ2n) is 6.02. The predicted molar refractivity (Wildman–Crippen MR) is 92.1 cm³/mol. The summed E-state index contributed by atoms with van der Waals surface area (Å²) < 4.78 is 0. The van der Waals surface area contributed by atoms with E-state index >= 15 is 0 Å². The number of H-pyrrole nitrogens is 2. The molecule has 2 aromatic heterocycles. The van der Waals surface area contributed by atoms with Crippen molar-refractivity contribution in [3.8, 4) is 0 Å². The molecule has 0 saturated heterocycles. The zero-order chi connectivity index (χ0) is 15.4. The molecule has 3 rings (SSSR count). The van der Waals surface area contributed by atoms with Crippen LogP contribution in [-0.4, -0.2) is 33.5 Å². The van der Waals surface area contributed by atoms with Crippen molar-refractivity contribution in [2.75, 3.05) is 0 Å². The molecule has 2 N–H and O–H groups in total. The lowest BCUT2D eigenvalue weighted by molar-refractivity contribution is 0.388. The summed E-state index contributed by atoms with van der Waals surface area (Å²) in [4.78, 5) is 16.4. The van der Waals surface area contributed by atoms with Crippen molar-refractivity contribution in [2.24, 2.45) is 9.98 Å². The first kappa shape index (κ1) is 14.8. The van der Waals surface area contributed by atoms with Gasteiger partial charge in [-0.1, -0.05) is 12.8 Å². The molecule has 0 amide bonds. The van der Waals surface area contributed by atoms with Gasteiger partial charge in [-0.3, -0.25) is 9.98 Å². The highest BCUT2D eigenvalue weighted by atomic mass is 14.9. The summed E-state index contributed by atoms with van der Waals surface area (Å²) in [5, 5.41) is 0. The van der Waals surface area contributed by atoms with Crippen LogP contribution in [0, 0.1) is 0 Å². The van der Waals surface area contributed by atoms with E-state index in [0.717, 1.165) is 35.7 Å². The van der Waals surface area contributed by atoms with Gasteiger partial charge in [-0.05, 0) is 51.0 Å². The first-order valence-corrected chi connectivity index (χ1v) is 8.10. The molecule has 1 fully saturated rings. The van der Waals surface area contributed by atoms with Crippen molar-refractivity contribution in [1.29, 1.82) is 0 Å². The molecular weight excluding hydrogens is 272 g/mol. The molecule has 116 valence electrons. The van der Waals surface area contributed by atoms with E-state index in [1.165, 1.54) is 12.8 Å². The van der Waals surface area contributed by atoms with Crippen LogP contribution in [0.15, 0.2) is 46.6 Å². The Morgan fingerprint density at radius 2 is 1.32 bits per heavy atom. The van der Waals surface area contributed by atoms with E-state index in [0.29, 0.717) is 12.1 Å². The summed E-state index contributed by atoms with van der Waals surface area (Å²) in [6, 6.07) is 8.76. The van der Waals surface area contributed by atoms with Crippen LogP contribution >= 0.6 is 0 Å². The molecule has 2 unspecified atom stereocenters. The summed E-state index contributed by atoms with van der Waals surface area (Å²) in [5.41, 5.74) is 4.37. The molecule has 0 radical (unpaired) electrons. The monoisotopic (exact) mass is 296 g/mol. The van der Waals surface area contributed by atoms with E-state index in [4.69, 9.17) is 9.98 Å². The molecule has 1 saturated carbocycles. The van der Waals surface area contributed by atoms with Gasteiger partial charge in [0.25, 0.3) is 0 Å². The SMILES string of the molecule is CC(=NC1CCCCC1N=C(C)c1ccc[nH]1)c1ccc[nH]1. The van der Waals surface area contributed by atoms with Crippen LogP contribution in [0.3, 0.4) is 0 Å². The highest BCUT2D eigenvalue weighted by molar-refractivity contribution is 5.98. The summed E-state index contributed by atoms with van der Waals surface area (Å²) in [5.74, 6) is 0. The molecule has 4 nitrogen and oxygen atoms in total. The average molecular weight is 296 g/mol. The number of aliphatic imine (C=N–C) groups is 2. The Kier molecular flexibility index (Phi) is 4.56. The van der Waals surface area contributed by atoms with E-state index in [2.05, 4.69) is 35.9 Å². The standard InChI is InChI=1S/C18H24N4/c1-13(15-9-5-11-19-15)21-17-7-3-4-8-18(17)22-14(2)16-10-6-12-20-16/h5-6,9-12,17-20H,3-4,7-8H2,1-2H3. The van der Waals surface area contributed by atoms with Crippen molar-refractivity contribution in [2.45, 2.75) is 51.6 Å². The Bertz CT molecular complexity index is 576. The van der Waals surface area contributed by atoms with Crippen molar-refractivity contribution in [3.05, 3.63) is 48.0 Å². The van der Waals surface area contributed by atoms with E-state index in [-0.39, 0.29) is 0 Å². The fourth-order valence-electron chi connectivity index (χ4n) is 3.14. The maximum atomic E-state index is 4.96. The third kappa shape index (κ3) is 3.38. The topological polar surface area (TPSA) is 56.3 Å². The van der Waals surface area contributed by atoms with Crippen molar-refractivity contribution < 1.29 is 0 Å². The maximum absolute atomic E-state index is 4.96. The van der Waals surface area contributed by atoms with Gasteiger partial charge in [-0.2, -0.15) is 0 Å². The van der Waals surface area contributed by atoms with Gasteiger partial charge in [0.2, 0.25) is 0 Å². The fraction of sp³-hybridized carbons (Fsp3) is 0.444. The number of nitrogens with one attached hydrogen (secondary N) is 2. The van der Waals surface area contributed by atoms with Crippen LogP contribution in [0.1, 0.15) is 50.9 Å². The second-order valence-corrected chi connectivity index (χ2v) is 6.02. The Hall–Kier alpha value is -2.10. The van der Waals surface area contributed by atoms with Crippen LogP contribution in [-0.2, 0) is 0 Å². The smallest absolute Gasteiger partial charge is 0.0727 e. The maximum Gasteiger partial charge on any atom is 0.0727 e. The summed E-state index contributed by atoms with van der Waals surface area (Å²) in [6.45, 7) is 4.16. The lowest BCUT2D eigenvalue weighted by Crippen LogP contribution is -2.29. The van der Waals surface area contributed by atoms with Crippen molar-refractivity contribution >= 4 is 11.4 Å². The Morgan fingerprint density at radius 1 is 0.864 bits per heavy atom. The molecule has 2 heterocycles. The van der Waals surface area contributed by atoms with Crippen LogP contribution in [0.2, 0.25) is 0 Å². The van der Waals surface area contributed by atoms with Crippen molar-refractivity contribution in [3.63, 3.8) is 0 Å². The molecule has 4 heteroatoms. The number of hydrogen-bond donors (Lipinski definition) is 2. The lowest BCUT2D eigenvalue weighted by atomic mass is 9.90. The van der Waals surface area contributed by atoms with E-state index < -0.39 is 0 Å². The molecule has 0 aromatic carbocycles. The quantitative estimate of drug-likeness (QED) is 0.802. The molecule has 0 spiro atoms. The van der Waals surface area contributed by atoms with Gasteiger partial charge < -0.3 is 9.97 Å². The summed E-state index contributed by atoms with van der Waals surface area (Å²) >= 11 is 0. The van der Waals surface area contributed by atoms with Gasteiger partial charge in [0.1, 0.15) is 0 Å². The normalized spacial score (nSPS) is 23.7. The number of nitrogens with zero attached hydrogens (tertiary/aromatic N) is 2.